The summed E-state index contributed by atoms with van der Waals surface area (Å²) in [5.41, 5.74) is 8.10. The number of halogens is 2. The summed E-state index contributed by atoms with van der Waals surface area (Å²) in [5, 5.41) is 0.614. The highest BCUT2D eigenvalue weighted by Crippen LogP contribution is 2.27. The number of hydrogen-bond donors (Lipinski definition) is 1. The summed E-state index contributed by atoms with van der Waals surface area (Å²) in [6.07, 6.45) is 2.32. The third kappa shape index (κ3) is 3.69. The van der Waals surface area contributed by atoms with Gasteiger partial charge in [-0.3, -0.25) is 4.98 Å². The lowest BCUT2D eigenvalue weighted by molar-refractivity contribution is 0.412. The van der Waals surface area contributed by atoms with Crippen molar-refractivity contribution in [3.8, 4) is 5.75 Å². The summed E-state index contributed by atoms with van der Waals surface area (Å²) in [4.78, 5) is 4.24. The number of nitrogens with two attached hydrogens (primary N) is 1. The largest absolute Gasteiger partial charge is 0.496 e. The zero-order chi connectivity index (χ0) is 13.8. The first kappa shape index (κ1) is 14.3. The van der Waals surface area contributed by atoms with Crippen molar-refractivity contribution in [2.75, 3.05) is 7.11 Å². The van der Waals surface area contributed by atoms with E-state index in [-0.39, 0.29) is 6.04 Å². The third-order valence-corrected chi connectivity index (χ3v) is 3.65. The van der Waals surface area contributed by atoms with E-state index < -0.39 is 0 Å². The molecule has 5 heteroatoms. The zero-order valence-electron chi connectivity index (χ0n) is 10.4. The maximum atomic E-state index is 6.15. The van der Waals surface area contributed by atoms with Crippen LogP contribution in [-0.2, 0) is 6.42 Å². The first-order chi connectivity index (χ1) is 9.10. The normalized spacial score (nSPS) is 12.2. The summed E-state index contributed by atoms with van der Waals surface area (Å²) in [6, 6.07) is 9.42. The molecule has 0 aliphatic rings. The van der Waals surface area contributed by atoms with Gasteiger partial charge in [-0.1, -0.05) is 17.7 Å². The number of ether oxygens (including phenoxy) is 1. The minimum atomic E-state index is -0.155. The zero-order valence-corrected chi connectivity index (χ0v) is 12.8. The van der Waals surface area contributed by atoms with Crippen LogP contribution in [0.3, 0.4) is 0 Å². The quantitative estimate of drug-likeness (QED) is 0.921. The molecule has 0 aliphatic carbocycles. The number of rotatable bonds is 4. The summed E-state index contributed by atoms with van der Waals surface area (Å²) in [6.45, 7) is 0. The Kier molecular flexibility index (Phi) is 4.80. The standard InChI is InChI=1S/C14H14BrClN2O/c1-19-14-5-2-9(6-11(14)15)7-12(17)13-4-3-10(16)8-18-13/h2-6,8,12H,7,17H2,1H3. The molecule has 0 fully saturated rings. The van der Waals surface area contributed by atoms with Crippen LogP contribution in [-0.4, -0.2) is 12.1 Å². The van der Waals surface area contributed by atoms with Crippen molar-refractivity contribution >= 4 is 27.5 Å². The van der Waals surface area contributed by atoms with Crippen LogP contribution in [0.5, 0.6) is 5.75 Å². The lowest BCUT2D eigenvalue weighted by Gasteiger charge is -2.12. The number of hydrogen-bond acceptors (Lipinski definition) is 3. The molecule has 1 aromatic heterocycles. The molecule has 1 aromatic carbocycles. The second kappa shape index (κ2) is 6.37. The molecule has 0 radical (unpaired) electrons. The average molecular weight is 342 g/mol. The van der Waals surface area contributed by atoms with Crippen LogP contribution in [0, 0.1) is 0 Å². The van der Waals surface area contributed by atoms with Gasteiger partial charge in [-0.05, 0) is 52.2 Å². The minimum Gasteiger partial charge on any atom is -0.496 e. The topological polar surface area (TPSA) is 48.1 Å². The van der Waals surface area contributed by atoms with Gasteiger partial charge in [-0.15, -0.1) is 0 Å². The predicted molar refractivity (Wildman–Crippen MR) is 80.6 cm³/mol. The van der Waals surface area contributed by atoms with E-state index in [1.54, 1.807) is 19.4 Å². The number of aromatic nitrogens is 1. The van der Waals surface area contributed by atoms with E-state index >= 15 is 0 Å². The summed E-state index contributed by atoms with van der Waals surface area (Å²) < 4.78 is 6.12. The molecule has 0 saturated carbocycles. The van der Waals surface area contributed by atoms with Gasteiger partial charge in [0, 0.05) is 6.20 Å². The van der Waals surface area contributed by atoms with Gasteiger partial charge >= 0.3 is 0 Å². The molecular weight excluding hydrogens is 328 g/mol. The highest BCUT2D eigenvalue weighted by Gasteiger charge is 2.10. The summed E-state index contributed by atoms with van der Waals surface area (Å²) in [5.74, 6) is 0.807. The van der Waals surface area contributed by atoms with Crippen molar-refractivity contribution in [3.05, 3.63) is 57.3 Å². The Morgan fingerprint density at radius 3 is 2.74 bits per heavy atom. The maximum absolute atomic E-state index is 6.15. The van der Waals surface area contributed by atoms with Crippen LogP contribution < -0.4 is 10.5 Å². The molecule has 1 unspecified atom stereocenters. The Morgan fingerprint density at radius 2 is 2.16 bits per heavy atom. The van der Waals surface area contributed by atoms with E-state index in [2.05, 4.69) is 20.9 Å². The van der Waals surface area contributed by atoms with Gasteiger partial charge < -0.3 is 10.5 Å². The van der Waals surface area contributed by atoms with Gasteiger partial charge in [-0.25, -0.2) is 0 Å². The highest BCUT2D eigenvalue weighted by atomic mass is 79.9. The van der Waals surface area contributed by atoms with Crippen LogP contribution in [0.1, 0.15) is 17.3 Å². The van der Waals surface area contributed by atoms with Gasteiger partial charge in [0.2, 0.25) is 0 Å². The minimum absolute atomic E-state index is 0.155. The maximum Gasteiger partial charge on any atom is 0.133 e. The molecule has 100 valence electrons. The SMILES string of the molecule is COc1ccc(CC(N)c2ccc(Cl)cn2)cc1Br. The molecular formula is C14H14BrClN2O. The fourth-order valence-electron chi connectivity index (χ4n) is 1.80. The first-order valence-corrected chi connectivity index (χ1v) is 6.96. The van der Waals surface area contributed by atoms with Crippen LogP contribution in [0.2, 0.25) is 5.02 Å². The molecule has 1 atom stereocenters. The van der Waals surface area contributed by atoms with Crippen molar-refractivity contribution in [2.24, 2.45) is 5.73 Å². The van der Waals surface area contributed by atoms with Crippen molar-refractivity contribution in [1.82, 2.24) is 4.98 Å². The lowest BCUT2D eigenvalue weighted by atomic mass is 10.0. The number of benzene rings is 1. The van der Waals surface area contributed by atoms with Crippen LogP contribution in [0.15, 0.2) is 41.0 Å². The Morgan fingerprint density at radius 1 is 1.37 bits per heavy atom. The lowest BCUT2D eigenvalue weighted by Crippen LogP contribution is -2.14. The Bertz CT molecular complexity index is 560. The second-order valence-electron chi connectivity index (χ2n) is 4.18. The van der Waals surface area contributed by atoms with E-state index in [4.69, 9.17) is 22.1 Å². The van der Waals surface area contributed by atoms with Crippen molar-refractivity contribution < 1.29 is 4.74 Å². The first-order valence-electron chi connectivity index (χ1n) is 5.79. The van der Waals surface area contributed by atoms with E-state index in [0.29, 0.717) is 11.4 Å². The Hall–Kier alpha value is -1.10. The van der Waals surface area contributed by atoms with Crippen LogP contribution in [0.25, 0.3) is 0 Å². The van der Waals surface area contributed by atoms with Gasteiger partial charge in [0.15, 0.2) is 0 Å². The molecule has 0 amide bonds. The van der Waals surface area contributed by atoms with Crippen molar-refractivity contribution in [3.63, 3.8) is 0 Å². The fourth-order valence-corrected chi connectivity index (χ4v) is 2.50. The molecule has 1 heterocycles. The number of methoxy groups -OCH3 is 1. The second-order valence-corrected chi connectivity index (χ2v) is 5.47. The third-order valence-electron chi connectivity index (χ3n) is 2.80. The molecule has 2 N–H and O–H groups in total. The smallest absolute Gasteiger partial charge is 0.133 e. The van der Waals surface area contributed by atoms with E-state index in [1.807, 2.05) is 24.3 Å². The highest BCUT2D eigenvalue weighted by molar-refractivity contribution is 9.10. The van der Waals surface area contributed by atoms with E-state index in [1.165, 1.54) is 0 Å². The average Bonchev–Trinajstić information content (AvgIpc) is 2.39. The van der Waals surface area contributed by atoms with Crippen LogP contribution >= 0.6 is 27.5 Å². The number of pyridine rings is 1. The Balaban J connectivity index is 2.12. The van der Waals surface area contributed by atoms with Gasteiger partial charge in [0.25, 0.3) is 0 Å². The molecule has 0 aliphatic heterocycles. The van der Waals surface area contributed by atoms with E-state index in [0.717, 1.165) is 21.5 Å². The van der Waals surface area contributed by atoms with Gasteiger partial charge in [0.05, 0.1) is 28.3 Å². The van der Waals surface area contributed by atoms with Gasteiger partial charge in [0.1, 0.15) is 5.75 Å². The molecule has 2 aromatic rings. The summed E-state index contributed by atoms with van der Waals surface area (Å²) in [7, 11) is 1.64. The molecule has 19 heavy (non-hydrogen) atoms. The molecule has 0 spiro atoms. The van der Waals surface area contributed by atoms with Crippen molar-refractivity contribution in [2.45, 2.75) is 12.5 Å². The number of nitrogens with zero attached hydrogens (tertiary/aromatic N) is 1. The van der Waals surface area contributed by atoms with Crippen LogP contribution in [0.4, 0.5) is 0 Å². The summed E-state index contributed by atoms with van der Waals surface area (Å²) >= 11 is 9.27. The van der Waals surface area contributed by atoms with E-state index in [9.17, 15) is 0 Å². The molecule has 3 nitrogen and oxygen atoms in total. The fraction of sp³-hybridized carbons (Fsp3) is 0.214. The Labute approximate surface area is 125 Å². The molecule has 0 saturated heterocycles. The molecule has 2 rings (SSSR count). The van der Waals surface area contributed by atoms with Crippen molar-refractivity contribution in [1.29, 1.82) is 0 Å². The van der Waals surface area contributed by atoms with Gasteiger partial charge in [-0.2, -0.15) is 0 Å². The monoisotopic (exact) mass is 340 g/mol. The molecule has 0 bridgehead atoms. The predicted octanol–water partition coefficient (Wildman–Crippen LogP) is 3.75.